The van der Waals surface area contributed by atoms with Crippen LogP contribution < -0.4 is 11.1 Å². The van der Waals surface area contributed by atoms with Gasteiger partial charge in [0.05, 0.1) is 0 Å². The summed E-state index contributed by atoms with van der Waals surface area (Å²) in [6.45, 7) is 4.43. The molecule has 0 saturated heterocycles. The second-order valence-electron chi connectivity index (χ2n) is 4.51. The summed E-state index contributed by atoms with van der Waals surface area (Å²) in [6, 6.07) is 7.65. The molecule has 0 spiro atoms. The van der Waals surface area contributed by atoms with Gasteiger partial charge in [-0.2, -0.15) is 0 Å². The highest BCUT2D eigenvalue weighted by Gasteiger charge is 2.04. The third-order valence-corrected chi connectivity index (χ3v) is 2.77. The van der Waals surface area contributed by atoms with Crippen molar-refractivity contribution in [2.24, 2.45) is 5.73 Å². The Morgan fingerprint density at radius 1 is 1.39 bits per heavy atom. The Kier molecular flexibility index (Phi) is 6.39. The van der Waals surface area contributed by atoms with E-state index in [1.807, 2.05) is 31.3 Å². The van der Waals surface area contributed by atoms with Gasteiger partial charge in [-0.15, -0.1) is 0 Å². The van der Waals surface area contributed by atoms with Gasteiger partial charge in [0.1, 0.15) is 0 Å². The van der Waals surface area contributed by atoms with Crippen molar-refractivity contribution in [2.45, 2.75) is 26.3 Å². The van der Waals surface area contributed by atoms with E-state index in [9.17, 15) is 4.79 Å². The Morgan fingerprint density at radius 2 is 2.17 bits per heavy atom. The molecule has 0 heterocycles. The van der Waals surface area contributed by atoms with Gasteiger partial charge in [-0.05, 0) is 37.7 Å². The average molecular weight is 249 g/mol. The van der Waals surface area contributed by atoms with Gasteiger partial charge >= 0.3 is 0 Å². The number of anilines is 1. The first-order valence-electron chi connectivity index (χ1n) is 6.43. The Bertz CT molecular complexity index is 379. The van der Waals surface area contributed by atoms with Crippen LogP contribution in [0.4, 0.5) is 5.69 Å². The van der Waals surface area contributed by atoms with Crippen molar-refractivity contribution in [1.29, 1.82) is 0 Å². The Labute approximate surface area is 109 Å². The highest BCUT2D eigenvalue weighted by atomic mass is 16.1. The topological polar surface area (TPSA) is 58.4 Å². The Hall–Kier alpha value is -1.39. The van der Waals surface area contributed by atoms with E-state index >= 15 is 0 Å². The molecule has 1 amide bonds. The lowest BCUT2D eigenvalue weighted by molar-refractivity contribution is -0.116. The zero-order valence-corrected chi connectivity index (χ0v) is 11.3. The molecule has 0 aromatic heterocycles. The van der Waals surface area contributed by atoms with Gasteiger partial charge in [-0.25, -0.2) is 0 Å². The fourth-order valence-corrected chi connectivity index (χ4v) is 1.79. The second-order valence-corrected chi connectivity index (χ2v) is 4.51. The van der Waals surface area contributed by atoms with Crippen molar-refractivity contribution in [3.63, 3.8) is 0 Å². The van der Waals surface area contributed by atoms with E-state index in [1.165, 1.54) is 0 Å². The van der Waals surface area contributed by atoms with E-state index in [0.29, 0.717) is 13.0 Å². The molecule has 0 fully saturated rings. The fourth-order valence-electron chi connectivity index (χ4n) is 1.79. The van der Waals surface area contributed by atoms with E-state index in [1.54, 1.807) is 0 Å². The van der Waals surface area contributed by atoms with Crippen LogP contribution in [-0.4, -0.2) is 30.9 Å². The van der Waals surface area contributed by atoms with E-state index in [0.717, 1.165) is 30.8 Å². The summed E-state index contributed by atoms with van der Waals surface area (Å²) >= 11 is 0. The van der Waals surface area contributed by atoms with Crippen LogP contribution in [0.2, 0.25) is 0 Å². The van der Waals surface area contributed by atoms with Gasteiger partial charge in [0, 0.05) is 25.2 Å². The molecule has 0 aliphatic carbocycles. The summed E-state index contributed by atoms with van der Waals surface area (Å²) in [6.07, 6.45) is 1.63. The number of nitrogens with one attached hydrogen (secondary N) is 1. The molecule has 1 aromatic rings. The molecule has 4 heteroatoms. The van der Waals surface area contributed by atoms with Gasteiger partial charge < -0.3 is 16.0 Å². The quantitative estimate of drug-likeness (QED) is 0.775. The van der Waals surface area contributed by atoms with Crippen molar-refractivity contribution in [2.75, 3.05) is 25.5 Å². The molecule has 18 heavy (non-hydrogen) atoms. The predicted molar refractivity (Wildman–Crippen MR) is 75.4 cm³/mol. The lowest BCUT2D eigenvalue weighted by Gasteiger charge is -2.15. The molecule has 0 bridgehead atoms. The number of hydrogen-bond donors (Lipinski definition) is 2. The lowest BCUT2D eigenvalue weighted by Crippen LogP contribution is -2.24. The van der Waals surface area contributed by atoms with Crippen molar-refractivity contribution in [1.82, 2.24) is 4.90 Å². The minimum atomic E-state index is 0.0483. The van der Waals surface area contributed by atoms with E-state index < -0.39 is 0 Å². The van der Waals surface area contributed by atoms with Crippen molar-refractivity contribution in [3.05, 3.63) is 29.8 Å². The third kappa shape index (κ3) is 5.29. The Balaban J connectivity index is 2.39. The van der Waals surface area contributed by atoms with Crippen molar-refractivity contribution < 1.29 is 4.79 Å². The summed E-state index contributed by atoms with van der Waals surface area (Å²) in [5.41, 5.74) is 7.41. The molecule has 0 unspecified atom stereocenters. The molecule has 1 rings (SSSR count). The molecule has 3 N–H and O–H groups in total. The van der Waals surface area contributed by atoms with Crippen LogP contribution in [0.15, 0.2) is 24.3 Å². The summed E-state index contributed by atoms with van der Waals surface area (Å²) in [5.74, 6) is 0.0483. The van der Waals surface area contributed by atoms with Gasteiger partial charge in [0.2, 0.25) is 5.91 Å². The predicted octanol–water partition coefficient (Wildman–Crippen LogP) is 1.82. The van der Waals surface area contributed by atoms with Gasteiger partial charge in [0.15, 0.2) is 0 Å². The zero-order chi connectivity index (χ0) is 13.4. The SMILES string of the molecule is CCCN(C)CCC(=O)Nc1cccc(CN)c1. The average Bonchev–Trinajstić information content (AvgIpc) is 2.37. The van der Waals surface area contributed by atoms with Crippen molar-refractivity contribution in [3.8, 4) is 0 Å². The smallest absolute Gasteiger partial charge is 0.225 e. The monoisotopic (exact) mass is 249 g/mol. The standard InChI is InChI=1S/C14H23N3O/c1-3-8-17(2)9-7-14(18)16-13-6-4-5-12(10-13)11-15/h4-6,10H,3,7-9,11,15H2,1-2H3,(H,16,18). The summed E-state index contributed by atoms with van der Waals surface area (Å²) in [7, 11) is 2.03. The zero-order valence-electron chi connectivity index (χ0n) is 11.3. The molecule has 0 atom stereocenters. The molecule has 4 nitrogen and oxygen atoms in total. The van der Waals surface area contributed by atoms with Gasteiger partial charge in [-0.1, -0.05) is 19.1 Å². The van der Waals surface area contributed by atoms with Crippen LogP contribution in [0.5, 0.6) is 0 Å². The highest BCUT2D eigenvalue weighted by molar-refractivity contribution is 5.90. The molecular formula is C14H23N3O. The van der Waals surface area contributed by atoms with Gasteiger partial charge in [0.25, 0.3) is 0 Å². The third-order valence-electron chi connectivity index (χ3n) is 2.77. The maximum atomic E-state index is 11.8. The molecule has 1 aromatic carbocycles. The first kappa shape index (κ1) is 14.7. The Morgan fingerprint density at radius 3 is 2.83 bits per heavy atom. The number of hydrogen-bond acceptors (Lipinski definition) is 3. The van der Waals surface area contributed by atoms with E-state index in [-0.39, 0.29) is 5.91 Å². The number of carbonyl (C=O) groups excluding carboxylic acids is 1. The van der Waals surface area contributed by atoms with Crippen LogP contribution in [0.3, 0.4) is 0 Å². The molecule has 0 radical (unpaired) electrons. The van der Waals surface area contributed by atoms with E-state index in [4.69, 9.17) is 5.73 Å². The summed E-state index contributed by atoms with van der Waals surface area (Å²) in [5, 5.41) is 2.89. The normalized spacial score (nSPS) is 10.7. The first-order valence-corrected chi connectivity index (χ1v) is 6.43. The number of rotatable bonds is 7. The summed E-state index contributed by atoms with van der Waals surface area (Å²) in [4.78, 5) is 13.9. The molecule has 0 aliphatic rings. The van der Waals surface area contributed by atoms with Crippen molar-refractivity contribution >= 4 is 11.6 Å². The number of nitrogens with zero attached hydrogens (tertiary/aromatic N) is 1. The number of nitrogens with two attached hydrogens (primary N) is 1. The number of benzene rings is 1. The van der Waals surface area contributed by atoms with Crippen LogP contribution in [0, 0.1) is 0 Å². The second kappa shape index (κ2) is 7.84. The van der Waals surface area contributed by atoms with Crippen LogP contribution in [0.25, 0.3) is 0 Å². The molecule has 0 aliphatic heterocycles. The first-order chi connectivity index (χ1) is 8.65. The maximum absolute atomic E-state index is 11.8. The minimum Gasteiger partial charge on any atom is -0.326 e. The minimum absolute atomic E-state index is 0.0483. The van der Waals surface area contributed by atoms with Gasteiger partial charge in [-0.3, -0.25) is 4.79 Å². The molecule has 100 valence electrons. The van der Waals surface area contributed by atoms with Crippen LogP contribution >= 0.6 is 0 Å². The largest absolute Gasteiger partial charge is 0.326 e. The summed E-state index contributed by atoms with van der Waals surface area (Å²) < 4.78 is 0. The number of carbonyl (C=O) groups is 1. The highest BCUT2D eigenvalue weighted by Crippen LogP contribution is 2.10. The molecule has 0 saturated carbocycles. The van der Waals surface area contributed by atoms with Crippen LogP contribution in [-0.2, 0) is 11.3 Å². The van der Waals surface area contributed by atoms with E-state index in [2.05, 4.69) is 17.1 Å². The van der Waals surface area contributed by atoms with Crippen LogP contribution in [0.1, 0.15) is 25.3 Å². The lowest BCUT2D eigenvalue weighted by atomic mass is 10.2. The molecular weight excluding hydrogens is 226 g/mol. The maximum Gasteiger partial charge on any atom is 0.225 e. The number of amides is 1. The fraction of sp³-hybridized carbons (Fsp3) is 0.500.